The Hall–Kier alpha value is -5.22. The van der Waals surface area contributed by atoms with E-state index in [1.165, 1.54) is 0 Å². The third-order valence-corrected chi connectivity index (χ3v) is 10.0. The summed E-state index contributed by atoms with van der Waals surface area (Å²) in [4.78, 5) is 57.4. The van der Waals surface area contributed by atoms with Gasteiger partial charge >= 0.3 is 0 Å². The number of unbranched alkanes of at least 4 members (excludes halogenated alkanes) is 2. The Morgan fingerprint density at radius 2 is 1.64 bits per heavy atom. The van der Waals surface area contributed by atoms with Gasteiger partial charge in [-0.25, -0.2) is 0 Å². The second-order valence-corrected chi connectivity index (χ2v) is 14.2. The van der Waals surface area contributed by atoms with Crippen molar-refractivity contribution in [2.45, 2.75) is 76.1 Å². The van der Waals surface area contributed by atoms with Crippen molar-refractivity contribution < 1.29 is 28.7 Å². The van der Waals surface area contributed by atoms with Gasteiger partial charge in [-0.05, 0) is 72.2 Å². The van der Waals surface area contributed by atoms with E-state index >= 15 is 0 Å². The highest BCUT2D eigenvalue weighted by Gasteiger charge is 2.39. The molecular formula is C43H50N4O6. The molecule has 6 rings (SSSR count). The van der Waals surface area contributed by atoms with E-state index in [2.05, 4.69) is 10.6 Å². The lowest BCUT2D eigenvalue weighted by Gasteiger charge is -2.30. The molecule has 0 aliphatic carbocycles. The van der Waals surface area contributed by atoms with Crippen molar-refractivity contribution in [3.63, 3.8) is 0 Å². The fourth-order valence-electron chi connectivity index (χ4n) is 7.18. The molecule has 2 bridgehead atoms. The summed E-state index contributed by atoms with van der Waals surface area (Å²) in [5, 5.41) is 8.39. The third kappa shape index (κ3) is 10.7. The number of ether oxygens (including phenoxy) is 2. The maximum atomic E-state index is 14.3. The number of hydrogen-bond donors (Lipinski definition) is 2. The molecule has 53 heavy (non-hydrogen) atoms. The van der Waals surface area contributed by atoms with Crippen LogP contribution in [-0.4, -0.2) is 84.9 Å². The van der Waals surface area contributed by atoms with Gasteiger partial charge in [0.1, 0.15) is 18.4 Å². The molecule has 2 heterocycles. The number of nitrogens with one attached hydrogen (secondary N) is 2. The largest absolute Gasteiger partial charge is 0.491 e. The number of nitrogens with zero attached hydrogens (tertiary/aromatic N) is 2. The number of carbonyl (C=O) groups excluding carboxylic acids is 4. The number of amides is 4. The van der Waals surface area contributed by atoms with Crippen LogP contribution in [0.5, 0.6) is 5.75 Å². The highest BCUT2D eigenvalue weighted by Crippen LogP contribution is 2.24. The molecule has 10 heteroatoms. The molecule has 0 aromatic heterocycles. The van der Waals surface area contributed by atoms with Crippen molar-refractivity contribution in [1.29, 1.82) is 0 Å². The second kappa shape index (κ2) is 18.5. The second-order valence-electron chi connectivity index (χ2n) is 14.2. The normalized spacial score (nSPS) is 19.3. The monoisotopic (exact) mass is 718 g/mol. The van der Waals surface area contributed by atoms with Crippen LogP contribution in [0, 0.1) is 0 Å². The summed E-state index contributed by atoms with van der Waals surface area (Å²) in [5.41, 5.74) is 2.57. The van der Waals surface area contributed by atoms with E-state index < -0.39 is 6.04 Å². The van der Waals surface area contributed by atoms with Gasteiger partial charge in [0.25, 0.3) is 5.91 Å². The van der Waals surface area contributed by atoms with E-state index in [0.29, 0.717) is 69.7 Å². The SMILES string of the molecule is CN1CCC[C@H](NC(=O)CCCCCOCc2ccccc2)C(=O)N2C[C@@H](NC(=O)Cc3ccc4ccccc4c3)C[C@H]2COc2cccc(c2)C1=O. The quantitative estimate of drug-likeness (QED) is 0.182. The molecule has 278 valence electrons. The average Bonchev–Trinajstić information content (AvgIpc) is 3.57. The van der Waals surface area contributed by atoms with Gasteiger partial charge in [0.2, 0.25) is 17.7 Å². The molecule has 2 N–H and O–H groups in total. The van der Waals surface area contributed by atoms with Crippen LogP contribution < -0.4 is 15.4 Å². The Kier molecular flexibility index (Phi) is 13.1. The molecule has 0 saturated carbocycles. The minimum absolute atomic E-state index is 0.116. The van der Waals surface area contributed by atoms with Crippen molar-refractivity contribution in [1.82, 2.24) is 20.4 Å². The fraction of sp³-hybridized carbons (Fsp3) is 0.395. The summed E-state index contributed by atoms with van der Waals surface area (Å²) >= 11 is 0. The minimum Gasteiger partial charge on any atom is -0.491 e. The first kappa shape index (κ1) is 37.5. The van der Waals surface area contributed by atoms with Crippen LogP contribution in [0.3, 0.4) is 0 Å². The maximum absolute atomic E-state index is 14.3. The molecule has 4 aromatic carbocycles. The molecule has 10 nitrogen and oxygen atoms in total. The predicted octanol–water partition coefficient (Wildman–Crippen LogP) is 5.67. The number of carbonyl (C=O) groups is 4. The first-order chi connectivity index (χ1) is 25.8. The Morgan fingerprint density at radius 1 is 0.830 bits per heavy atom. The standard InChI is InChI=1S/C43H50N4O6/c1-46-22-11-18-39(45-40(48)19-6-3-9-23-52-29-31-12-4-2-5-13-31)43(51)47-28-36(27-37(47)30-53-38-17-10-16-35(26-38)42(46)50)44-41(49)25-32-20-21-33-14-7-8-15-34(33)24-32/h2,4-5,7-8,10,12-17,20-21,24,26,36-37,39H,3,6,9,11,18-19,22-23,25,27-30H2,1H3,(H,44,49)(H,45,48)/t36-,37-,39-/m0/s1. The van der Waals surface area contributed by atoms with Gasteiger partial charge in [0, 0.05) is 44.8 Å². The van der Waals surface area contributed by atoms with Gasteiger partial charge in [0.15, 0.2) is 0 Å². The third-order valence-electron chi connectivity index (χ3n) is 10.0. The minimum atomic E-state index is -0.768. The zero-order valence-electron chi connectivity index (χ0n) is 30.5. The van der Waals surface area contributed by atoms with Crippen LogP contribution in [0.4, 0.5) is 0 Å². The van der Waals surface area contributed by atoms with Crippen LogP contribution in [0.15, 0.2) is 97.1 Å². The van der Waals surface area contributed by atoms with Crippen molar-refractivity contribution in [3.8, 4) is 5.75 Å². The zero-order valence-corrected chi connectivity index (χ0v) is 30.5. The molecule has 1 saturated heterocycles. The van der Waals surface area contributed by atoms with Gasteiger partial charge in [0.05, 0.1) is 19.1 Å². The number of rotatable bonds is 12. The Morgan fingerprint density at radius 3 is 2.49 bits per heavy atom. The van der Waals surface area contributed by atoms with E-state index in [-0.39, 0.29) is 48.7 Å². The van der Waals surface area contributed by atoms with Crippen LogP contribution in [0.2, 0.25) is 0 Å². The lowest BCUT2D eigenvalue weighted by atomic mass is 10.0. The summed E-state index contributed by atoms with van der Waals surface area (Å²) < 4.78 is 12.0. The Labute approximate surface area is 311 Å². The summed E-state index contributed by atoms with van der Waals surface area (Å²) in [5.74, 6) is -0.0972. The summed E-state index contributed by atoms with van der Waals surface area (Å²) in [6, 6.07) is 29.8. The molecule has 0 unspecified atom stereocenters. The van der Waals surface area contributed by atoms with Gasteiger partial charge < -0.3 is 29.9 Å². The van der Waals surface area contributed by atoms with Crippen LogP contribution in [0.1, 0.15) is 66.4 Å². The molecule has 2 aliphatic heterocycles. The Bertz CT molecular complexity index is 1870. The molecule has 0 radical (unpaired) electrons. The summed E-state index contributed by atoms with van der Waals surface area (Å²) in [7, 11) is 1.74. The van der Waals surface area contributed by atoms with Crippen molar-refractivity contribution >= 4 is 34.4 Å². The Balaban J connectivity index is 1.08. The van der Waals surface area contributed by atoms with Crippen molar-refractivity contribution in [2.75, 3.05) is 33.4 Å². The van der Waals surface area contributed by atoms with Crippen LogP contribution in [-0.2, 0) is 32.1 Å². The summed E-state index contributed by atoms with van der Waals surface area (Å²) in [6.45, 7) is 2.10. The van der Waals surface area contributed by atoms with E-state index in [9.17, 15) is 19.2 Å². The number of hydrogen-bond acceptors (Lipinski definition) is 6. The van der Waals surface area contributed by atoms with Gasteiger partial charge in [-0.15, -0.1) is 0 Å². The zero-order chi connectivity index (χ0) is 37.0. The highest BCUT2D eigenvalue weighted by atomic mass is 16.5. The topological polar surface area (TPSA) is 117 Å². The van der Waals surface area contributed by atoms with E-state index in [4.69, 9.17) is 9.47 Å². The van der Waals surface area contributed by atoms with Crippen LogP contribution in [0.25, 0.3) is 10.8 Å². The van der Waals surface area contributed by atoms with Crippen molar-refractivity contribution in [3.05, 3.63) is 114 Å². The van der Waals surface area contributed by atoms with E-state index in [1.54, 1.807) is 41.1 Å². The van der Waals surface area contributed by atoms with Crippen LogP contribution >= 0.6 is 0 Å². The first-order valence-corrected chi connectivity index (χ1v) is 18.8. The smallest absolute Gasteiger partial charge is 0.253 e. The predicted molar refractivity (Wildman–Crippen MR) is 204 cm³/mol. The van der Waals surface area contributed by atoms with Gasteiger partial charge in [-0.3, -0.25) is 19.2 Å². The molecule has 4 aromatic rings. The first-order valence-electron chi connectivity index (χ1n) is 18.8. The van der Waals surface area contributed by atoms with Crippen molar-refractivity contribution in [2.24, 2.45) is 0 Å². The molecule has 3 atom stereocenters. The molecule has 1 fully saturated rings. The van der Waals surface area contributed by atoms with E-state index in [0.717, 1.165) is 34.7 Å². The highest BCUT2D eigenvalue weighted by molar-refractivity contribution is 5.94. The maximum Gasteiger partial charge on any atom is 0.253 e. The molecule has 4 amide bonds. The van der Waals surface area contributed by atoms with Gasteiger partial charge in [-0.1, -0.05) is 85.3 Å². The lowest BCUT2D eigenvalue weighted by molar-refractivity contribution is -0.138. The number of fused-ring (bicyclic) bond motifs is 4. The average molecular weight is 719 g/mol. The number of benzene rings is 4. The molecule has 2 aliphatic rings. The van der Waals surface area contributed by atoms with E-state index in [1.807, 2.05) is 72.8 Å². The lowest BCUT2D eigenvalue weighted by Crippen LogP contribution is -2.52. The summed E-state index contributed by atoms with van der Waals surface area (Å²) in [6.07, 6.45) is 4.29. The van der Waals surface area contributed by atoms with Gasteiger partial charge in [-0.2, -0.15) is 0 Å². The molecular weight excluding hydrogens is 668 g/mol. The fourth-order valence-corrected chi connectivity index (χ4v) is 7.18. The molecule has 0 spiro atoms.